The molecule has 0 radical (unpaired) electrons. The zero-order valence-electron chi connectivity index (χ0n) is 11.5. The summed E-state index contributed by atoms with van der Waals surface area (Å²) in [6.07, 6.45) is -14.9. The van der Waals surface area contributed by atoms with E-state index in [0.717, 1.165) is 13.8 Å². The number of alkyl halides is 8. The van der Waals surface area contributed by atoms with Crippen LogP contribution >= 0.6 is 43.0 Å². The monoisotopic (exact) mass is 576 g/mol. The van der Waals surface area contributed by atoms with Crippen molar-refractivity contribution in [3.8, 4) is 0 Å². The van der Waals surface area contributed by atoms with Crippen LogP contribution in [0.25, 0.3) is 0 Å². The second kappa shape index (κ2) is 5.70. The van der Waals surface area contributed by atoms with E-state index in [1.165, 1.54) is 0 Å². The fourth-order valence-electron chi connectivity index (χ4n) is 1.97. The predicted octanol–water partition coefficient (Wildman–Crippen LogP) is 2.41. The second-order valence-electron chi connectivity index (χ2n) is 5.41. The zero-order chi connectivity index (χ0) is 18.0. The first-order valence-electron chi connectivity index (χ1n) is 6.14. The minimum atomic E-state index is -6.05. The van der Waals surface area contributed by atoms with Gasteiger partial charge in [-0.15, -0.1) is 0 Å². The van der Waals surface area contributed by atoms with E-state index in [9.17, 15) is 36.2 Å². The number of carbonyl (C=O) groups excluding carboxylic acids is 1. The average molecular weight is 576 g/mol. The Labute approximate surface area is 148 Å². The summed E-state index contributed by atoms with van der Waals surface area (Å²) in [4.78, 5) is 11.9. The Kier molecular flexibility index (Phi) is 4.89. The van der Waals surface area contributed by atoms with Crippen LogP contribution in [0.15, 0.2) is 0 Å². The number of hydrogen-bond donors (Lipinski definition) is 3. The van der Waals surface area contributed by atoms with Gasteiger partial charge in [0, 0.05) is 0 Å². The van der Waals surface area contributed by atoms with Crippen LogP contribution in [0.2, 0.25) is 0 Å². The zero-order valence-corrected chi connectivity index (χ0v) is 15.8. The first kappa shape index (κ1) is 19.7. The maximum absolute atomic E-state index is 12.9. The fraction of sp³-hybridized carbons (Fsp3) is 0.900. The van der Waals surface area contributed by atoms with Crippen LogP contribution in [0, 0.1) is 5.92 Å². The molecule has 0 saturated carbocycles. The summed E-state index contributed by atoms with van der Waals surface area (Å²) in [5.41, 5.74) is -5.13. The summed E-state index contributed by atoms with van der Waals surface area (Å²) in [6, 6.07) is 0. The van der Waals surface area contributed by atoms with Crippen molar-refractivity contribution in [2.45, 2.75) is 45.5 Å². The number of fused-ring (bicyclic) bond motifs is 1. The van der Waals surface area contributed by atoms with Gasteiger partial charge in [0.1, 0.15) is 0 Å². The second-order valence-corrected chi connectivity index (χ2v) is 11.1. The molecule has 0 aromatic carbocycles. The van der Waals surface area contributed by atoms with E-state index >= 15 is 0 Å². The third-order valence-corrected chi connectivity index (χ3v) is 10.6. The molecule has 0 aliphatic carbocycles. The van der Waals surface area contributed by atoms with Gasteiger partial charge in [-0.3, -0.25) is 0 Å². The van der Waals surface area contributed by atoms with Crippen LogP contribution in [0.5, 0.6) is 0 Å². The van der Waals surface area contributed by atoms with Crippen molar-refractivity contribution in [1.29, 1.82) is 0 Å². The standard InChI is InChI=1S/C10H12F6I2N2O3/c1-3(2)5(7(22,9(11,12)13)10(14,15)16)23-6(21)4(17)8-18(19-8)20-8/h3-5,19-20,22H,1-2H3. The Bertz CT molecular complexity index is 492. The molecule has 3 N–H and O–H groups in total. The van der Waals surface area contributed by atoms with Gasteiger partial charge in [-0.1, -0.05) is 0 Å². The van der Waals surface area contributed by atoms with Crippen molar-refractivity contribution in [2.24, 2.45) is 5.92 Å². The minimum absolute atomic E-state index is 0.669. The van der Waals surface area contributed by atoms with Crippen molar-refractivity contribution in [2.75, 3.05) is 0 Å². The van der Waals surface area contributed by atoms with E-state index in [-0.39, 0.29) is 0 Å². The first-order valence-corrected chi connectivity index (χ1v) is 10.6. The van der Waals surface area contributed by atoms with Gasteiger partial charge in [0.2, 0.25) is 0 Å². The number of rotatable bonds is 5. The molecule has 2 fully saturated rings. The van der Waals surface area contributed by atoms with Crippen molar-refractivity contribution < 1.29 is 41.0 Å². The predicted molar refractivity (Wildman–Crippen MR) is 82.6 cm³/mol. The van der Waals surface area contributed by atoms with E-state index in [1.807, 2.05) is 0 Å². The van der Waals surface area contributed by atoms with Crippen LogP contribution in [0.3, 0.4) is 0 Å². The molecule has 2 saturated heterocycles. The maximum atomic E-state index is 12.9. The summed E-state index contributed by atoms with van der Waals surface area (Å²) in [7, 11) is 0. The molecule has 2 aliphatic heterocycles. The topological polar surface area (TPSA) is 90.4 Å². The van der Waals surface area contributed by atoms with Crippen molar-refractivity contribution in [3.63, 3.8) is 0 Å². The molecule has 0 aromatic rings. The third-order valence-electron chi connectivity index (χ3n) is 3.37. The van der Waals surface area contributed by atoms with Crippen molar-refractivity contribution >= 4 is 48.9 Å². The number of esters is 1. The molecule has 23 heavy (non-hydrogen) atoms. The molecule has 0 spiro atoms. The summed E-state index contributed by atoms with van der Waals surface area (Å²) < 4.78 is 86.3. The van der Waals surface area contributed by atoms with Crippen LogP contribution in [0.1, 0.15) is 13.8 Å². The third kappa shape index (κ3) is 3.15. The van der Waals surface area contributed by atoms with Crippen LogP contribution < -0.4 is 7.06 Å². The number of hydrogen-bond acceptors (Lipinski definition) is 5. The summed E-state index contributed by atoms with van der Waals surface area (Å²) >= 11 is -0.0282. The van der Waals surface area contributed by atoms with Gasteiger partial charge in [-0.2, -0.15) is 0 Å². The summed E-state index contributed by atoms with van der Waals surface area (Å²) in [6.45, 7) is 2.01. The van der Waals surface area contributed by atoms with E-state index in [1.54, 1.807) is 22.6 Å². The SMILES string of the molecule is CC(C)C(OC(=O)C(I)C12NI1N2)C(O)(C(F)(F)F)C(F)(F)F. The molecule has 2 heterocycles. The van der Waals surface area contributed by atoms with Gasteiger partial charge in [-0.05, 0) is 0 Å². The molecule has 136 valence electrons. The number of nitrogens with one attached hydrogen (secondary N) is 2. The Morgan fingerprint density at radius 1 is 1.17 bits per heavy atom. The summed E-state index contributed by atoms with van der Waals surface area (Å²) in [5.74, 6) is -2.64. The molecule has 0 aromatic heterocycles. The van der Waals surface area contributed by atoms with E-state index in [0.29, 0.717) is 0 Å². The average Bonchev–Trinajstić information content (AvgIpc) is 3.19. The molecular formula is C10H12F6I2N2O3. The van der Waals surface area contributed by atoms with Gasteiger partial charge in [-0.25, -0.2) is 0 Å². The van der Waals surface area contributed by atoms with Gasteiger partial charge in [0.05, 0.1) is 0 Å². The molecule has 2 unspecified atom stereocenters. The quantitative estimate of drug-likeness (QED) is 0.0891. The van der Waals surface area contributed by atoms with Gasteiger partial charge in [0.25, 0.3) is 0 Å². The summed E-state index contributed by atoms with van der Waals surface area (Å²) in [5, 5.41) is 9.42. The number of carbonyl (C=O) groups is 1. The first-order chi connectivity index (χ1) is 10.2. The molecule has 2 aliphatic rings. The van der Waals surface area contributed by atoms with Crippen LogP contribution in [0.4, 0.5) is 26.3 Å². The molecule has 2 atom stereocenters. The fourth-order valence-corrected chi connectivity index (χ4v) is 9.35. The molecule has 2 rings (SSSR count). The Balaban J connectivity index is 2.26. The van der Waals surface area contributed by atoms with Crippen molar-refractivity contribution in [1.82, 2.24) is 7.06 Å². The molecule has 0 amide bonds. The molecular weight excluding hydrogens is 564 g/mol. The molecule has 13 heteroatoms. The number of aliphatic hydroxyl groups is 1. The van der Waals surface area contributed by atoms with Crippen molar-refractivity contribution in [3.05, 3.63) is 0 Å². The van der Waals surface area contributed by atoms with E-state index in [4.69, 9.17) is 0 Å². The van der Waals surface area contributed by atoms with Gasteiger partial charge in [0.15, 0.2) is 0 Å². The number of halogens is 8. The normalized spacial score (nSPS) is 24.0. The Morgan fingerprint density at radius 3 is 1.83 bits per heavy atom. The Morgan fingerprint density at radius 2 is 1.57 bits per heavy atom. The number of ether oxygens (including phenoxy) is 1. The van der Waals surface area contributed by atoms with E-state index < -0.39 is 63.9 Å². The molecule has 0 bridgehead atoms. The molecule has 5 nitrogen and oxygen atoms in total. The van der Waals surface area contributed by atoms with Gasteiger partial charge < -0.3 is 0 Å². The van der Waals surface area contributed by atoms with Crippen LogP contribution in [-0.4, -0.2) is 42.7 Å². The van der Waals surface area contributed by atoms with Crippen LogP contribution in [-0.2, 0) is 9.53 Å². The Hall–Kier alpha value is 0.390. The van der Waals surface area contributed by atoms with Gasteiger partial charge >= 0.3 is 148 Å². The van der Waals surface area contributed by atoms with E-state index in [2.05, 4.69) is 11.8 Å².